The molecule has 0 atom stereocenters. The standard InChI is InChI=1S/C18H22N2O3/c1-22-18-5-3-15(10-16(18)13-21)17-4-2-14(11-19-17)12-20-6-8-23-9-7-20/h2-5,10-11,21H,6-9,12-13H2,1H3. The third-order valence-electron chi connectivity index (χ3n) is 4.08. The fourth-order valence-electron chi connectivity index (χ4n) is 2.77. The first-order valence-corrected chi connectivity index (χ1v) is 7.83. The van der Waals surface area contributed by atoms with Crippen LogP contribution in [0.15, 0.2) is 36.5 Å². The molecule has 0 amide bonds. The first-order chi connectivity index (χ1) is 11.3. The molecular formula is C18H22N2O3. The summed E-state index contributed by atoms with van der Waals surface area (Å²) in [5, 5.41) is 9.43. The second-order valence-corrected chi connectivity index (χ2v) is 5.62. The molecule has 1 aromatic carbocycles. The molecule has 1 aliphatic rings. The van der Waals surface area contributed by atoms with E-state index in [-0.39, 0.29) is 6.61 Å². The van der Waals surface area contributed by atoms with E-state index < -0.39 is 0 Å². The number of nitrogens with zero attached hydrogens (tertiary/aromatic N) is 2. The molecule has 0 unspecified atom stereocenters. The van der Waals surface area contributed by atoms with Gasteiger partial charge in [0.25, 0.3) is 0 Å². The number of aromatic nitrogens is 1. The monoisotopic (exact) mass is 314 g/mol. The van der Waals surface area contributed by atoms with Crippen LogP contribution in [0.5, 0.6) is 5.75 Å². The lowest BCUT2D eigenvalue weighted by Crippen LogP contribution is -2.35. The maximum absolute atomic E-state index is 9.43. The van der Waals surface area contributed by atoms with E-state index in [2.05, 4.69) is 16.0 Å². The average Bonchev–Trinajstić information content (AvgIpc) is 2.62. The SMILES string of the molecule is COc1ccc(-c2ccc(CN3CCOCC3)cn2)cc1CO. The Morgan fingerprint density at radius 1 is 1.22 bits per heavy atom. The number of morpholine rings is 1. The highest BCUT2D eigenvalue weighted by molar-refractivity contribution is 5.62. The molecule has 1 N–H and O–H groups in total. The second kappa shape index (κ2) is 7.55. The van der Waals surface area contributed by atoms with Gasteiger partial charge in [0.15, 0.2) is 0 Å². The van der Waals surface area contributed by atoms with Crippen molar-refractivity contribution in [1.82, 2.24) is 9.88 Å². The van der Waals surface area contributed by atoms with E-state index in [1.165, 1.54) is 5.56 Å². The van der Waals surface area contributed by atoms with Crippen LogP contribution < -0.4 is 4.74 Å². The van der Waals surface area contributed by atoms with Crippen LogP contribution in [-0.2, 0) is 17.9 Å². The third kappa shape index (κ3) is 3.88. The summed E-state index contributed by atoms with van der Waals surface area (Å²) in [6, 6.07) is 9.88. The summed E-state index contributed by atoms with van der Waals surface area (Å²) in [4.78, 5) is 6.94. The summed E-state index contributed by atoms with van der Waals surface area (Å²) in [6.07, 6.45) is 1.92. The van der Waals surface area contributed by atoms with Crippen molar-refractivity contribution >= 4 is 0 Å². The number of hydrogen-bond donors (Lipinski definition) is 1. The average molecular weight is 314 g/mol. The highest BCUT2D eigenvalue weighted by Crippen LogP contribution is 2.25. The number of methoxy groups -OCH3 is 1. The van der Waals surface area contributed by atoms with Crippen LogP contribution >= 0.6 is 0 Å². The number of aliphatic hydroxyl groups is 1. The smallest absolute Gasteiger partial charge is 0.124 e. The molecule has 1 aromatic heterocycles. The van der Waals surface area contributed by atoms with Gasteiger partial charge in [-0.2, -0.15) is 0 Å². The zero-order chi connectivity index (χ0) is 16.1. The van der Waals surface area contributed by atoms with Gasteiger partial charge >= 0.3 is 0 Å². The topological polar surface area (TPSA) is 54.8 Å². The minimum Gasteiger partial charge on any atom is -0.496 e. The molecule has 0 bridgehead atoms. The first-order valence-electron chi connectivity index (χ1n) is 7.83. The number of ether oxygens (including phenoxy) is 2. The molecule has 3 rings (SSSR count). The Balaban J connectivity index is 1.73. The van der Waals surface area contributed by atoms with Crippen molar-refractivity contribution in [3.8, 4) is 17.0 Å². The Bertz CT molecular complexity index is 637. The van der Waals surface area contributed by atoms with Crippen LogP contribution in [0.4, 0.5) is 0 Å². The maximum Gasteiger partial charge on any atom is 0.124 e. The van der Waals surface area contributed by atoms with E-state index >= 15 is 0 Å². The molecule has 5 nitrogen and oxygen atoms in total. The number of rotatable bonds is 5. The number of hydrogen-bond acceptors (Lipinski definition) is 5. The van der Waals surface area contributed by atoms with Gasteiger partial charge in [0.1, 0.15) is 5.75 Å². The minimum atomic E-state index is -0.0495. The molecule has 2 heterocycles. The predicted molar refractivity (Wildman–Crippen MR) is 88.2 cm³/mol. The molecule has 1 aliphatic heterocycles. The van der Waals surface area contributed by atoms with Gasteiger partial charge in [-0.1, -0.05) is 6.07 Å². The molecule has 0 spiro atoms. The Hall–Kier alpha value is -1.95. The molecule has 23 heavy (non-hydrogen) atoms. The molecule has 5 heteroatoms. The van der Waals surface area contributed by atoms with Crippen LogP contribution in [0.3, 0.4) is 0 Å². The Labute approximate surface area is 136 Å². The second-order valence-electron chi connectivity index (χ2n) is 5.62. The van der Waals surface area contributed by atoms with Crippen molar-refractivity contribution in [3.05, 3.63) is 47.7 Å². The lowest BCUT2D eigenvalue weighted by Gasteiger charge is -2.26. The van der Waals surface area contributed by atoms with Crippen molar-refractivity contribution in [2.75, 3.05) is 33.4 Å². The lowest BCUT2D eigenvalue weighted by atomic mass is 10.1. The van der Waals surface area contributed by atoms with E-state index in [4.69, 9.17) is 9.47 Å². The van der Waals surface area contributed by atoms with E-state index in [0.29, 0.717) is 5.75 Å². The van der Waals surface area contributed by atoms with Crippen LogP contribution in [0.2, 0.25) is 0 Å². The van der Waals surface area contributed by atoms with Crippen molar-refractivity contribution in [3.63, 3.8) is 0 Å². The van der Waals surface area contributed by atoms with Crippen molar-refractivity contribution in [2.45, 2.75) is 13.2 Å². The zero-order valence-corrected chi connectivity index (χ0v) is 13.4. The minimum absolute atomic E-state index is 0.0495. The molecule has 0 aliphatic carbocycles. The van der Waals surface area contributed by atoms with Gasteiger partial charge in [-0.25, -0.2) is 0 Å². The van der Waals surface area contributed by atoms with Crippen molar-refractivity contribution < 1.29 is 14.6 Å². The summed E-state index contributed by atoms with van der Waals surface area (Å²) in [7, 11) is 1.60. The van der Waals surface area contributed by atoms with Gasteiger partial charge in [-0.3, -0.25) is 9.88 Å². The highest BCUT2D eigenvalue weighted by atomic mass is 16.5. The van der Waals surface area contributed by atoms with Crippen molar-refractivity contribution in [2.24, 2.45) is 0 Å². The predicted octanol–water partition coefficient (Wildman–Crippen LogP) is 2.08. The van der Waals surface area contributed by atoms with E-state index in [0.717, 1.165) is 49.7 Å². The van der Waals surface area contributed by atoms with Gasteiger partial charge in [-0.15, -0.1) is 0 Å². The lowest BCUT2D eigenvalue weighted by molar-refractivity contribution is 0.0341. The molecule has 2 aromatic rings. The quantitative estimate of drug-likeness (QED) is 0.916. The molecule has 0 radical (unpaired) electrons. The van der Waals surface area contributed by atoms with Crippen molar-refractivity contribution in [1.29, 1.82) is 0 Å². The summed E-state index contributed by atoms with van der Waals surface area (Å²) >= 11 is 0. The summed E-state index contributed by atoms with van der Waals surface area (Å²) < 4.78 is 10.6. The summed E-state index contributed by atoms with van der Waals surface area (Å²) in [5.41, 5.74) is 3.84. The van der Waals surface area contributed by atoms with E-state index in [9.17, 15) is 5.11 Å². The maximum atomic E-state index is 9.43. The molecular weight excluding hydrogens is 292 g/mol. The number of aliphatic hydroxyl groups excluding tert-OH is 1. The van der Waals surface area contributed by atoms with E-state index in [1.807, 2.05) is 30.5 Å². The van der Waals surface area contributed by atoms with Crippen LogP contribution in [-0.4, -0.2) is 48.4 Å². The van der Waals surface area contributed by atoms with Gasteiger partial charge in [-0.05, 0) is 29.8 Å². The van der Waals surface area contributed by atoms with Crippen LogP contribution in [0.1, 0.15) is 11.1 Å². The molecule has 1 fully saturated rings. The Morgan fingerprint density at radius 3 is 2.70 bits per heavy atom. The summed E-state index contributed by atoms with van der Waals surface area (Å²) in [5.74, 6) is 0.695. The first kappa shape index (κ1) is 15.9. The third-order valence-corrected chi connectivity index (χ3v) is 4.08. The fraction of sp³-hybridized carbons (Fsp3) is 0.389. The number of benzene rings is 1. The van der Waals surface area contributed by atoms with E-state index in [1.54, 1.807) is 7.11 Å². The Morgan fingerprint density at radius 2 is 2.04 bits per heavy atom. The fourth-order valence-corrected chi connectivity index (χ4v) is 2.77. The Kier molecular flexibility index (Phi) is 5.23. The van der Waals surface area contributed by atoms with Gasteiger partial charge in [0.05, 0.1) is 32.6 Å². The molecule has 1 saturated heterocycles. The molecule has 0 saturated carbocycles. The summed E-state index contributed by atoms with van der Waals surface area (Å²) in [6.45, 7) is 4.41. The van der Waals surface area contributed by atoms with Gasteiger partial charge < -0.3 is 14.6 Å². The highest BCUT2D eigenvalue weighted by Gasteiger charge is 2.11. The molecule has 122 valence electrons. The van der Waals surface area contributed by atoms with Gasteiger partial charge in [0.2, 0.25) is 0 Å². The van der Waals surface area contributed by atoms with Gasteiger partial charge in [0, 0.05) is 37.0 Å². The number of pyridine rings is 1. The zero-order valence-electron chi connectivity index (χ0n) is 13.4. The normalized spacial score (nSPS) is 15.6. The van der Waals surface area contributed by atoms with Crippen LogP contribution in [0.25, 0.3) is 11.3 Å². The largest absolute Gasteiger partial charge is 0.496 e. The van der Waals surface area contributed by atoms with Crippen LogP contribution in [0, 0.1) is 0 Å².